The highest BCUT2D eigenvalue weighted by Crippen LogP contribution is 2.27. The predicted molar refractivity (Wildman–Crippen MR) is 97.1 cm³/mol. The summed E-state index contributed by atoms with van der Waals surface area (Å²) in [5, 5.41) is 13.4. The molecule has 0 aliphatic carbocycles. The lowest BCUT2D eigenvalue weighted by atomic mass is 10.1. The molecule has 6 nitrogen and oxygen atoms in total. The first-order valence-electron chi connectivity index (χ1n) is 7.64. The minimum atomic E-state index is -0.278. The minimum absolute atomic E-state index is 0.278. The number of fused-ring (bicyclic) bond motifs is 1. The van der Waals surface area contributed by atoms with E-state index in [-0.39, 0.29) is 5.56 Å². The van der Waals surface area contributed by atoms with Crippen molar-refractivity contribution in [3.8, 4) is 27.6 Å². The molecule has 0 bridgehead atoms. The Morgan fingerprint density at radius 2 is 1.84 bits per heavy atom. The van der Waals surface area contributed by atoms with Crippen LogP contribution in [0.3, 0.4) is 0 Å². The van der Waals surface area contributed by atoms with Gasteiger partial charge < -0.3 is 4.74 Å². The number of methoxy groups -OCH3 is 1. The van der Waals surface area contributed by atoms with Crippen molar-refractivity contribution < 1.29 is 4.74 Å². The zero-order valence-electron chi connectivity index (χ0n) is 13.6. The molecule has 4 aromatic rings. The molecule has 124 valence electrons. The van der Waals surface area contributed by atoms with Crippen molar-refractivity contribution in [3.05, 3.63) is 64.4 Å². The molecular weight excluding hydrogens is 336 g/mol. The van der Waals surface area contributed by atoms with Gasteiger partial charge in [0, 0.05) is 11.1 Å². The fraction of sp³-hybridized carbons (Fsp3) is 0.111. The third kappa shape index (κ3) is 2.78. The molecule has 2 aromatic carbocycles. The first-order chi connectivity index (χ1) is 12.2. The third-order valence-corrected chi connectivity index (χ3v) is 4.78. The fourth-order valence-electron chi connectivity index (χ4n) is 2.48. The van der Waals surface area contributed by atoms with Crippen molar-refractivity contribution in [2.75, 3.05) is 7.11 Å². The minimum Gasteiger partial charge on any atom is -0.497 e. The SMILES string of the molecule is COc1cccc(-c2nn3c(=O)c(-c4ccc(C)cc4)nnc3s2)c1. The first-order valence-corrected chi connectivity index (χ1v) is 8.45. The molecule has 0 atom stereocenters. The van der Waals surface area contributed by atoms with Gasteiger partial charge in [-0.25, -0.2) is 0 Å². The number of ether oxygens (including phenoxy) is 1. The van der Waals surface area contributed by atoms with Gasteiger partial charge in [-0.05, 0) is 19.1 Å². The normalized spacial score (nSPS) is 11.0. The Bertz CT molecular complexity index is 1120. The standard InChI is InChI=1S/C18H14N4O2S/c1-11-6-8-12(9-7-11)15-17(23)22-18(20-19-15)25-16(21-22)13-4-3-5-14(10-13)24-2/h3-10H,1-2H3. The molecule has 0 saturated heterocycles. The van der Waals surface area contributed by atoms with E-state index in [2.05, 4.69) is 15.3 Å². The summed E-state index contributed by atoms with van der Waals surface area (Å²) in [5.74, 6) is 0.732. The number of aryl methyl sites for hydroxylation is 1. The van der Waals surface area contributed by atoms with Crippen LogP contribution < -0.4 is 10.3 Å². The van der Waals surface area contributed by atoms with Crippen LogP contribution in [0, 0.1) is 6.92 Å². The fourth-order valence-corrected chi connectivity index (χ4v) is 3.31. The van der Waals surface area contributed by atoms with Crippen LogP contribution >= 0.6 is 11.3 Å². The van der Waals surface area contributed by atoms with Gasteiger partial charge in [-0.2, -0.15) is 9.61 Å². The van der Waals surface area contributed by atoms with Crippen LogP contribution in [0.2, 0.25) is 0 Å². The lowest BCUT2D eigenvalue weighted by Gasteiger charge is -2.00. The zero-order valence-corrected chi connectivity index (χ0v) is 14.4. The number of benzene rings is 2. The highest BCUT2D eigenvalue weighted by Gasteiger charge is 2.14. The smallest absolute Gasteiger partial charge is 0.302 e. The maximum atomic E-state index is 12.8. The quantitative estimate of drug-likeness (QED) is 0.567. The van der Waals surface area contributed by atoms with E-state index in [1.165, 1.54) is 15.9 Å². The van der Waals surface area contributed by atoms with Crippen LogP contribution in [0.15, 0.2) is 53.3 Å². The molecule has 4 rings (SSSR count). The summed E-state index contributed by atoms with van der Waals surface area (Å²) < 4.78 is 6.55. The third-order valence-electron chi connectivity index (χ3n) is 3.83. The number of rotatable bonds is 3. The van der Waals surface area contributed by atoms with Gasteiger partial charge in [0.05, 0.1) is 7.11 Å². The van der Waals surface area contributed by atoms with E-state index in [4.69, 9.17) is 4.74 Å². The van der Waals surface area contributed by atoms with Crippen molar-refractivity contribution in [2.45, 2.75) is 6.92 Å². The summed E-state index contributed by atoms with van der Waals surface area (Å²) in [4.78, 5) is 13.2. The average molecular weight is 350 g/mol. The molecule has 0 unspecified atom stereocenters. The van der Waals surface area contributed by atoms with E-state index in [0.717, 1.165) is 22.4 Å². The van der Waals surface area contributed by atoms with E-state index in [9.17, 15) is 4.79 Å². The van der Waals surface area contributed by atoms with E-state index in [1.54, 1.807) is 7.11 Å². The summed E-state index contributed by atoms with van der Waals surface area (Å²) in [6, 6.07) is 15.1. The van der Waals surface area contributed by atoms with Gasteiger partial charge in [0.15, 0.2) is 5.69 Å². The maximum Gasteiger partial charge on any atom is 0.302 e. The van der Waals surface area contributed by atoms with Crippen molar-refractivity contribution in [3.63, 3.8) is 0 Å². The van der Waals surface area contributed by atoms with Crippen LogP contribution in [-0.4, -0.2) is 26.9 Å². The molecule has 0 aliphatic rings. The Balaban J connectivity index is 1.85. The van der Waals surface area contributed by atoms with Crippen molar-refractivity contribution in [1.29, 1.82) is 0 Å². The molecule has 7 heteroatoms. The van der Waals surface area contributed by atoms with Gasteiger partial charge in [0.2, 0.25) is 4.96 Å². The molecule has 0 radical (unpaired) electrons. The van der Waals surface area contributed by atoms with Crippen molar-refractivity contribution in [1.82, 2.24) is 19.8 Å². The topological polar surface area (TPSA) is 69.4 Å². The second kappa shape index (κ2) is 6.10. The molecule has 2 aromatic heterocycles. The molecular formula is C18H14N4O2S. The summed E-state index contributed by atoms with van der Waals surface area (Å²) in [6.07, 6.45) is 0. The second-order valence-corrected chi connectivity index (χ2v) is 6.51. The molecule has 0 amide bonds. The van der Waals surface area contributed by atoms with Gasteiger partial charge in [-0.3, -0.25) is 4.79 Å². The van der Waals surface area contributed by atoms with Crippen LogP contribution in [0.4, 0.5) is 0 Å². The average Bonchev–Trinajstić information content (AvgIpc) is 3.08. The summed E-state index contributed by atoms with van der Waals surface area (Å²) in [5.41, 5.74) is 2.73. The van der Waals surface area contributed by atoms with Crippen molar-refractivity contribution >= 4 is 16.3 Å². The summed E-state index contributed by atoms with van der Waals surface area (Å²) in [6.45, 7) is 1.99. The number of hydrogen-bond acceptors (Lipinski definition) is 6. The molecule has 25 heavy (non-hydrogen) atoms. The Labute approximate surface area is 147 Å². The first kappa shape index (κ1) is 15.5. The highest BCUT2D eigenvalue weighted by molar-refractivity contribution is 7.19. The van der Waals surface area contributed by atoms with Gasteiger partial charge in [0.25, 0.3) is 0 Å². The van der Waals surface area contributed by atoms with E-state index in [0.29, 0.717) is 15.7 Å². The Kier molecular flexibility index (Phi) is 3.77. The Morgan fingerprint density at radius 3 is 2.60 bits per heavy atom. The van der Waals surface area contributed by atoms with Gasteiger partial charge >= 0.3 is 5.56 Å². The molecule has 0 N–H and O–H groups in total. The summed E-state index contributed by atoms with van der Waals surface area (Å²) in [7, 11) is 1.61. The molecule has 0 spiro atoms. The van der Waals surface area contributed by atoms with Crippen LogP contribution in [0.5, 0.6) is 5.75 Å². The zero-order chi connectivity index (χ0) is 17.4. The van der Waals surface area contributed by atoms with Gasteiger partial charge in [0.1, 0.15) is 10.8 Å². The van der Waals surface area contributed by atoms with Crippen LogP contribution in [0.25, 0.3) is 26.8 Å². The largest absolute Gasteiger partial charge is 0.497 e. The van der Waals surface area contributed by atoms with Crippen molar-refractivity contribution in [2.24, 2.45) is 0 Å². The second-order valence-electron chi connectivity index (χ2n) is 5.55. The lowest BCUT2D eigenvalue weighted by Crippen LogP contribution is -2.19. The summed E-state index contributed by atoms with van der Waals surface area (Å²) >= 11 is 1.31. The van der Waals surface area contributed by atoms with Gasteiger partial charge in [-0.1, -0.05) is 53.3 Å². The molecule has 2 heterocycles. The van der Waals surface area contributed by atoms with E-state index >= 15 is 0 Å². The monoisotopic (exact) mass is 350 g/mol. The van der Waals surface area contributed by atoms with Crippen LogP contribution in [-0.2, 0) is 0 Å². The lowest BCUT2D eigenvalue weighted by molar-refractivity contribution is 0.415. The molecule has 0 saturated carbocycles. The Hall–Kier alpha value is -3.06. The number of hydrogen-bond donors (Lipinski definition) is 0. The highest BCUT2D eigenvalue weighted by atomic mass is 32.1. The van der Waals surface area contributed by atoms with E-state index in [1.807, 2.05) is 55.5 Å². The predicted octanol–water partition coefficient (Wildman–Crippen LogP) is 3.20. The molecule has 0 fully saturated rings. The number of nitrogens with zero attached hydrogens (tertiary/aromatic N) is 4. The Morgan fingerprint density at radius 1 is 1.04 bits per heavy atom. The maximum absolute atomic E-state index is 12.8. The molecule has 0 aliphatic heterocycles. The number of aromatic nitrogens is 4. The van der Waals surface area contributed by atoms with Crippen LogP contribution in [0.1, 0.15) is 5.56 Å². The van der Waals surface area contributed by atoms with E-state index < -0.39 is 0 Å². The van der Waals surface area contributed by atoms with Gasteiger partial charge in [-0.15, -0.1) is 10.2 Å².